The Morgan fingerprint density at radius 2 is 2.12 bits per heavy atom. The van der Waals surface area contributed by atoms with Gasteiger partial charge in [0, 0.05) is 19.7 Å². The van der Waals surface area contributed by atoms with Gasteiger partial charge in [-0.05, 0) is 36.2 Å². The molecule has 0 saturated carbocycles. The predicted molar refractivity (Wildman–Crippen MR) is 87.6 cm³/mol. The van der Waals surface area contributed by atoms with Crippen LogP contribution >= 0.6 is 0 Å². The molecular formula is C18H18FN3O2. The third-order valence-electron chi connectivity index (χ3n) is 4.28. The molecule has 2 heterocycles. The number of carbonyl (C=O) groups excluding carboxylic acids is 2. The van der Waals surface area contributed by atoms with E-state index in [1.807, 2.05) is 13.0 Å². The van der Waals surface area contributed by atoms with Crippen LogP contribution < -0.4 is 5.32 Å². The number of benzene rings is 1. The molecule has 0 spiro atoms. The van der Waals surface area contributed by atoms with Crippen LogP contribution in [0.15, 0.2) is 42.6 Å². The lowest BCUT2D eigenvalue weighted by Gasteiger charge is -2.24. The molecule has 124 valence electrons. The standard InChI is InChI=1S/C18H18FN3O2/c1-11-6-7-15(20-10-11)21-18(24)14-9-16(23)22(2)17(14)12-4-3-5-13(19)8-12/h3-8,10,14,17H,9H2,1-2H3,(H,20,21,24)/t14-,17+/m1/s1. The molecule has 0 unspecified atom stereocenters. The zero-order valence-electron chi connectivity index (χ0n) is 13.5. The summed E-state index contributed by atoms with van der Waals surface area (Å²) in [6.45, 7) is 1.91. The number of rotatable bonds is 3. The van der Waals surface area contributed by atoms with Crippen molar-refractivity contribution in [1.29, 1.82) is 0 Å². The first-order valence-electron chi connectivity index (χ1n) is 7.70. The molecule has 2 atom stereocenters. The molecule has 3 rings (SSSR count). The second-order valence-corrected chi connectivity index (χ2v) is 6.03. The Labute approximate surface area is 139 Å². The van der Waals surface area contributed by atoms with E-state index in [0.29, 0.717) is 11.4 Å². The van der Waals surface area contributed by atoms with Crippen molar-refractivity contribution < 1.29 is 14.0 Å². The molecule has 0 aliphatic carbocycles. The zero-order chi connectivity index (χ0) is 17.3. The van der Waals surface area contributed by atoms with Crippen LogP contribution in [-0.4, -0.2) is 28.7 Å². The molecule has 2 amide bonds. The molecule has 1 aromatic heterocycles. The summed E-state index contributed by atoms with van der Waals surface area (Å²) in [5.41, 5.74) is 1.60. The highest BCUT2D eigenvalue weighted by molar-refractivity contribution is 5.97. The van der Waals surface area contributed by atoms with E-state index in [1.165, 1.54) is 17.0 Å². The number of hydrogen-bond donors (Lipinski definition) is 1. The lowest BCUT2D eigenvalue weighted by Crippen LogP contribution is -2.30. The lowest BCUT2D eigenvalue weighted by molar-refractivity contribution is -0.128. The van der Waals surface area contributed by atoms with E-state index in [4.69, 9.17) is 0 Å². The molecule has 0 bridgehead atoms. The molecule has 1 aliphatic rings. The summed E-state index contributed by atoms with van der Waals surface area (Å²) in [4.78, 5) is 30.4. The number of aromatic nitrogens is 1. The normalized spacial score (nSPS) is 20.3. The van der Waals surface area contributed by atoms with Crippen molar-refractivity contribution in [3.8, 4) is 0 Å². The molecule has 1 aliphatic heterocycles. The van der Waals surface area contributed by atoms with Gasteiger partial charge in [0.15, 0.2) is 0 Å². The summed E-state index contributed by atoms with van der Waals surface area (Å²) >= 11 is 0. The number of carbonyl (C=O) groups is 2. The summed E-state index contributed by atoms with van der Waals surface area (Å²) in [7, 11) is 1.63. The zero-order valence-corrected chi connectivity index (χ0v) is 13.5. The third kappa shape index (κ3) is 3.13. The maximum absolute atomic E-state index is 13.5. The van der Waals surface area contributed by atoms with E-state index < -0.39 is 12.0 Å². The maximum Gasteiger partial charge on any atom is 0.231 e. The minimum absolute atomic E-state index is 0.0926. The Hall–Kier alpha value is -2.76. The van der Waals surface area contributed by atoms with Gasteiger partial charge in [0.1, 0.15) is 11.6 Å². The van der Waals surface area contributed by atoms with E-state index in [0.717, 1.165) is 5.56 Å². The Morgan fingerprint density at radius 1 is 1.33 bits per heavy atom. The summed E-state index contributed by atoms with van der Waals surface area (Å²) in [5, 5.41) is 2.74. The maximum atomic E-state index is 13.5. The van der Waals surface area contributed by atoms with E-state index >= 15 is 0 Å². The van der Waals surface area contributed by atoms with Crippen molar-refractivity contribution in [2.45, 2.75) is 19.4 Å². The van der Waals surface area contributed by atoms with Crippen LogP contribution in [0.25, 0.3) is 0 Å². The molecule has 2 aromatic rings. The lowest BCUT2D eigenvalue weighted by atomic mass is 9.93. The highest BCUT2D eigenvalue weighted by atomic mass is 19.1. The SMILES string of the molecule is Cc1ccc(NC(=O)[C@@H]2CC(=O)N(C)[C@H]2c2cccc(F)c2)nc1. The van der Waals surface area contributed by atoms with Gasteiger partial charge in [0.2, 0.25) is 11.8 Å². The Balaban J connectivity index is 1.85. The summed E-state index contributed by atoms with van der Waals surface area (Å²) < 4.78 is 13.5. The smallest absolute Gasteiger partial charge is 0.231 e. The van der Waals surface area contributed by atoms with Crippen molar-refractivity contribution >= 4 is 17.6 Å². The summed E-state index contributed by atoms with van der Waals surface area (Å²) in [6, 6.07) is 9.09. The molecule has 6 heteroatoms. The highest BCUT2D eigenvalue weighted by Gasteiger charge is 2.42. The number of halogens is 1. The van der Waals surface area contributed by atoms with Crippen LogP contribution in [-0.2, 0) is 9.59 Å². The fraction of sp³-hybridized carbons (Fsp3) is 0.278. The Morgan fingerprint density at radius 3 is 2.79 bits per heavy atom. The minimum Gasteiger partial charge on any atom is -0.338 e. The van der Waals surface area contributed by atoms with Gasteiger partial charge in [-0.2, -0.15) is 0 Å². The van der Waals surface area contributed by atoms with Crippen molar-refractivity contribution in [3.63, 3.8) is 0 Å². The molecule has 1 N–H and O–H groups in total. The Bertz CT molecular complexity index is 776. The number of anilines is 1. The molecule has 24 heavy (non-hydrogen) atoms. The highest BCUT2D eigenvalue weighted by Crippen LogP contribution is 2.37. The van der Waals surface area contributed by atoms with Crippen LogP contribution in [0.3, 0.4) is 0 Å². The van der Waals surface area contributed by atoms with Gasteiger partial charge in [-0.15, -0.1) is 0 Å². The largest absolute Gasteiger partial charge is 0.338 e. The summed E-state index contributed by atoms with van der Waals surface area (Å²) in [6.07, 6.45) is 1.75. The van der Waals surface area contributed by atoms with Gasteiger partial charge < -0.3 is 10.2 Å². The number of amides is 2. The van der Waals surface area contributed by atoms with Gasteiger partial charge >= 0.3 is 0 Å². The van der Waals surface area contributed by atoms with E-state index in [9.17, 15) is 14.0 Å². The average Bonchev–Trinajstić information content (AvgIpc) is 2.85. The van der Waals surface area contributed by atoms with E-state index in [1.54, 1.807) is 31.4 Å². The van der Waals surface area contributed by atoms with Crippen molar-refractivity contribution in [1.82, 2.24) is 9.88 Å². The number of nitrogens with one attached hydrogen (secondary N) is 1. The molecule has 1 fully saturated rings. The number of nitrogens with zero attached hydrogens (tertiary/aromatic N) is 2. The van der Waals surface area contributed by atoms with E-state index in [2.05, 4.69) is 10.3 Å². The molecule has 0 radical (unpaired) electrons. The first-order chi connectivity index (χ1) is 11.5. The van der Waals surface area contributed by atoms with Crippen LogP contribution in [0.2, 0.25) is 0 Å². The van der Waals surface area contributed by atoms with Gasteiger partial charge in [-0.1, -0.05) is 18.2 Å². The number of likely N-dealkylation sites (tertiary alicyclic amines) is 1. The topological polar surface area (TPSA) is 62.3 Å². The fourth-order valence-corrected chi connectivity index (χ4v) is 3.01. The molecule has 5 nitrogen and oxygen atoms in total. The molecule has 1 saturated heterocycles. The first-order valence-corrected chi connectivity index (χ1v) is 7.70. The van der Waals surface area contributed by atoms with Crippen LogP contribution in [0.1, 0.15) is 23.6 Å². The van der Waals surface area contributed by atoms with Crippen molar-refractivity contribution in [2.75, 3.05) is 12.4 Å². The van der Waals surface area contributed by atoms with Crippen LogP contribution in [0.5, 0.6) is 0 Å². The van der Waals surface area contributed by atoms with Gasteiger partial charge in [0.05, 0.1) is 12.0 Å². The monoisotopic (exact) mass is 327 g/mol. The van der Waals surface area contributed by atoms with Crippen molar-refractivity contribution in [2.24, 2.45) is 5.92 Å². The van der Waals surface area contributed by atoms with Gasteiger partial charge in [0.25, 0.3) is 0 Å². The molecule has 1 aromatic carbocycles. The number of pyridine rings is 1. The Kier molecular flexibility index (Phi) is 4.29. The fourth-order valence-electron chi connectivity index (χ4n) is 3.01. The number of aryl methyl sites for hydroxylation is 1. The second-order valence-electron chi connectivity index (χ2n) is 6.03. The van der Waals surface area contributed by atoms with Gasteiger partial charge in [-0.3, -0.25) is 9.59 Å². The van der Waals surface area contributed by atoms with Crippen molar-refractivity contribution in [3.05, 3.63) is 59.5 Å². The summed E-state index contributed by atoms with van der Waals surface area (Å²) in [5.74, 6) is -0.975. The minimum atomic E-state index is -0.590. The van der Waals surface area contributed by atoms with Crippen LogP contribution in [0, 0.1) is 18.7 Å². The molecular weight excluding hydrogens is 309 g/mol. The third-order valence-corrected chi connectivity index (χ3v) is 4.28. The predicted octanol–water partition coefficient (Wildman–Crippen LogP) is 2.69. The van der Waals surface area contributed by atoms with E-state index in [-0.39, 0.29) is 24.1 Å². The second kappa shape index (κ2) is 6.39. The quantitative estimate of drug-likeness (QED) is 0.943. The first kappa shape index (κ1) is 16.1. The number of hydrogen-bond acceptors (Lipinski definition) is 3. The van der Waals surface area contributed by atoms with Gasteiger partial charge in [-0.25, -0.2) is 9.37 Å². The average molecular weight is 327 g/mol. The van der Waals surface area contributed by atoms with Crippen LogP contribution in [0.4, 0.5) is 10.2 Å².